The third kappa shape index (κ3) is 3.38. The Hall–Kier alpha value is -2.37. The topological polar surface area (TPSA) is 71.3 Å². The Labute approximate surface area is 147 Å². The van der Waals surface area contributed by atoms with Crippen LogP contribution in [0.15, 0.2) is 28.9 Å². The molecule has 1 saturated heterocycles. The summed E-state index contributed by atoms with van der Waals surface area (Å²) in [7, 11) is 0. The van der Waals surface area contributed by atoms with Gasteiger partial charge in [-0.25, -0.2) is 4.98 Å². The van der Waals surface area contributed by atoms with Crippen LogP contribution in [-0.2, 0) is 13.0 Å². The standard InChI is InChI=1S/C19H24N4O2/c1-2-3-15-9-17(25-22-15)11-21-19(24)14-5-7-18(20-10-14)23-12-13-4-6-16(23)8-13/h5,7,9-10,13,16H,2-4,6,8,11-12H2,1H3,(H,21,24)/t13-,16-/m0/s1. The van der Waals surface area contributed by atoms with Crippen molar-refractivity contribution >= 4 is 11.7 Å². The molecule has 1 aliphatic heterocycles. The molecule has 2 aromatic heterocycles. The summed E-state index contributed by atoms with van der Waals surface area (Å²) in [6.07, 6.45) is 7.49. The summed E-state index contributed by atoms with van der Waals surface area (Å²) < 4.78 is 5.23. The quantitative estimate of drug-likeness (QED) is 0.875. The fraction of sp³-hybridized carbons (Fsp3) is 0.526. The van der Waals surface area contributed by atoms with Crippen LogP contribution in [0.3, 0.4) is 0 Å². The molecule has 0 radical (unpaired) electrons. The molecule has 0 aromatic carbocycles. The molecule has 25 heavy (non-hydrogen) atoms. The van der Waals surface area contributed by atoms with Crippen LogP contribution in [0.2, 0.25) is 0 Å². The van der Waals surface area contributed by atoms with Gasteiger partial charge in [0.25, 0.3) is 5.91 Å². The summed E-state index contributed by atoms with van der Waals surface area (Å²) in [5, 5.41) is 6.85. The van der Waals surface area contributed by atoms with Crippen LogP contribution >= 0.6 is 0 Å². The molecular weight excluding hydrogens is 316 g/mol. The molecule has 4 rings (SSSR count). The Kier molecular flexibility index (Phi) is 4.42. The van der Waals surface area contributed by atoms with Gasteiger partial charge in [-0.15, -0.1) is 0 Å². The number of aromatic nitrogens is 2. The molecule has 3 heterocycles. The van der Waals surface area contributed by atoms with E-state index in [2.05, 4.69) is 27.3 Å². The van der Waals surface area contributed by atoms with E-state index in [1.807, 2.05) is 18.2 Å². The number of rotatable bonds is 6. The maximum Gasteiger partial charge on any atom is 0.253 e. The molecule has 2 aliphatic rings. The van der Waals surface area contributed by atoms with Gasteiger partial charge in [-0.3, -0.25) is 4.79 Å². The summed E-state index contributed by atoms with van der Waals surface area (Å²) in [5.41, 5.74) is 1.50. The van der Waals surface area contributed by atoms with Crippen LogP contribution < -0.4 is 10.2 Å². The van der Waals surface area contributed by atoms with Crippen LogP contribution in [0.4, 0.5) is 5.82 Å². The van der Waals surface area contributed by atoms with Crippen molar-refractivity contribution in [3.05, 3.63) is 41.4 Å². The number of fused-ring (bicyclic) bond motifs is 2. The predicted molar refractivity (Wildman–Crippen MR) is 94.4 cm³/mol. The molecule has 1 N–H and O–H groups in total. The first-order valence-electron chi connectivity index (χ1n) is 9.18. The normalized spacial score (nSPS) is 21.7. The van der Waals surface area contributed by atoms with E-state index in [9.17, 15) is 4.79 Å². The maximum atomic E-state index is 12.3. The SMILES string of the molecule is CCCc1cc(CNC(=O)c2ccc(N3C[C@H]4CC[C@H]3C4)nc2)on1. The fourth-order valence-corrected chi connectivity index (χ4v) is 3.98. The van der Waals surface area contributed by atoms with Crippen molar-refractivity contribution < 1.29 is 9.32 Å². The minimum atomic E-state index is -0.143. The van der Waals surface area contributed by atoms with E-state index in [1.165, 1.54) is 19.3 Å². The smallest absolute Gasteiger partial charge is 0.253 e. The van der Waals surface area contributed by atoms with Crippen LogP contribution in [0, 0.1) is 5.92 Å². The Morgan fingerprint density at radius 3 is 3.00 bits per heavy atom. The first kappa shape index (κ1) is 16.1. The third-order valence-electron chi connectivity index (χ3n) is 5.25. The summed E-state index contributed by atoms with van der Waals surface area (Å²) in [5.74, 6) is 2.35. The van der Waals surface area contributed by atoms with Gasteiger partial charge in [0.2, 0.25) is 0 Å². The molecule has 1 aliphatic carbocycles. The van der Waals surface area contributed by atoms with Gasteiger partial charge in [0.15, 0.2) is 5.76 Å². The van der Waals surface area contributed by atoms with Gasteiger partial charge in [-0.05, 0) is 43.7 Å². The van der Waals surface area contributed by atoms with E-state index in [1.54, 1.807) is 6.20 Å². The van der Waals surface area contributed by atoms with Gasteiger partial charge in [0.05, 0.1) is 17.8 Å². The van der Waals surface area contributed by atoms with Crippen LogP contribution in [-0.4, -0.2) is 28.6 Å². The Balaban J connectivity index is 1.34. The van der Waals surface area contributed by atoms with Gasteiger partial charge in [0, 0.05) is 24.8 Å². The minimum Gasteiger partial charge on any atom is -0.359 e. The number of hydrogen-bond donors (Lipinski definition) is 1. The molecule has 2 aromatic rings. The van der Waals surface area contributed by atoms with Crippen molar-refractivity contribution in [3.63, 3.8) is 0 Å². The highest BCUT2D eigenvalue weighted by Gasteiger charge is 2.38. The molecule has 0 unspecified atom stereocenters. The predicted octanol–water partition coefficient (Wildman–Crippen LogP) is 2.94. The van der Waals surface area contributed by atoms with Crippen LogP contribution in [0.1, 0.15) is 54.4 Å². The number of nitrogens with one attached hydrogen (secondary N) is 1. The van der Waals surface area contributed by atoms with Crippen molar-refractivity contribution in [3.8, 4) is 0 Å². The second-order valence-electron chi connectivity index (χ2n) is 7.11. The largest absolute Gasteiger partial charge is 0.359 e. The first-order chi connectivity index (χ1) is 12.2. The molecule has 1 amide bonds. The highest BCUT2D eigenvalue weighted by Crippen LogP contribution is 2.39. The number of amides is 1. The van der Waals surface area contributed by atoms with Crippen LogP contribution in [0.25, 0.3) is 0 Å². The summed E-state index contributed by atoms with van der Waals surface area (Å²) >= 11 is 0. The summed E-state index contributed by atoms with van der Waals surface area (Å²) in [6.45, 7) is 3.54. The van der Waals surface area contributed by atoms with Crippen molar-refractivity contribution in [1.29, 1.82) is 0 Å². The third-order valence-corrected chi connectivity index (χ3v) is 5.25. The Morgan fingerprint density at radius 1 is 1.40 bits per heavy atom. The molecule has 1 saturated carbocycles. The lowest BCUT2D eigenvalue weighted by Crippen LogP contribution is -2.32. The maximum absolute atomic E-state index is 12.3. The van der Waals surface area contributed by atoms with Gasteiger partial charge >= 0.3 is 0 Å². The van der Waals surface area contributed by atoms with Crippen molar-refractivity contribution in [2.45, 2.75) is 51.6 Å². The number of aryl methyl sites for hydroxylation is 1. The highest BCUT2D eigenvalue weighted by molar-refractivity contribution is 5.94. The van der Waals surface area contributed by atoms with E-state index < -0.39 is 0 Å². The van der Waals surface area contributed by atoms with Crippen molar-refractivity contribution in [2.75, 3.05) is 11.4 Å². The zero-order valence-corrected chi connectivity index (χ0v) is 14.6. The zero-order chi connectivity index (χ0) is 17.2. The summed E-state index contributed by atoms with van der Waals surface area (Å²) in [4.78, 5) is 19.2. The molecule has 6 nitrogen and oxygen atoms in total. The number of carbonyl (C=O) groups excluding carboxylic acids is 1. The van der Waals surface area contributed by atoms with Gasteiger partial charge in [0.1, 0.15) is 5.82 Å². The van der Waals surface area contributed by atoms with Gasteiger partial charge in [-0.1, -0.05) is 18.5 Å². The molecule has 6 heteroatoms. The molecule has 2 atom stereocenters. The minimum absolute atomic E-state index is 0.143. The van der Waals surface area contributed by atoms with E-state index in [0.29, 0.717) is 23.9 Å². The fourth-order valence-electron chi connectivity index (χ4n) is 3.98. The van der Waals surface area contributed by atoms with Crippen molar-refractivity contribution in [2.24, 2.45) is 5.92 Å². The number of piperidine rings is 1. The lowest BCUT2D eigenvalue weighted by atomic mass is 10.1. The molecule has 132 valence electrons. The summed E-state index contributed by atoms with van der Waals surface area (Å²) in [6, 6.07) is 6.35. The lowest BCUT2D eigenvalue weighted by molar-refractivity contribution is 0.0946. The molecule has 2 fully saturated rings. The number of nitrogens with zero attached hydrogens (tertiary/aromatic N) is 3. The average molecular weight is 340 g/mol. The number of pyridine rings is 1. The van der Waals surface area contributed by atoms with Crippen LogP contribution in [0.5, 0.6) is 0 Å². The number of carbonyl (C=O) groups is 1. The number of anilines is 1. The van der Waals surface area contributed by atoms with Gasteiger partial charge < -0.3 is 14.7 Å². The van der Waals surface area contributed by atoms with E-state index in [0.717, 1.165) is 36.8 Å². The van der Waals surface area contributed by atoms with Crippen molar-refractivity contribution in [1.82, 2.24) is 15.5 Å². The second-order valence-corrected chi connectivity index (χ2v) is 7.11. The van der Waals surface area contributed by atoms with E-state index in [4.69, 9.17) is 4.52 Å². The monoisotopic (exact) mass is 340 g/mol. The van der Waals surface area contributed by atoms with E-state index in [-0.39, 0.29) is 5.91 Å². The Bertz CT molecular complexity index is 740. The molecule has 2 bridgehead atoms. The second kappa shape index (κ2) is 6.86. The van der Waals surface area contributed by atoms with E-state index >= 15 is 0 Å². The Morgan fingerprint density at radius 2 is 2.32 bits per heavy atom. The average Bonchev–Trinajstić information content (AvgIpc) is 3.37. The highest BCUT2D eigenvalue weighted by atomic mass is 16.5. The number of hydrogen-bond acceptors (Lipinski definition) is 5. The first-order valence-corrected chi connectivity index (χ1v) is 9.18. The zero-order valence-electron chi connectivity index (χ0n) is 14.6. The molecular formula is C19H24N4O2. The van der Waals surface area contributed by atoms with Gasteiger partial charge in [-0.2, -0.15) is 0 Å². The lowest BCUT2D eigenvalue weighted by Gasteiger charge is -2.28. The molecule has 0 spiro atoms.